The van der Waals surface area contributed by atoms with Gasteiger partial charge in [0.1, 0.15) is 0 Å². The number of hydrogen-bond acceptors (Lipinski definition) is 4. The Balaban J connectivity index is 2.46. The second kappa shape index (κ2) is 8.42. The molecule has 0 radical (unpaired) electrons. The van der Waals surface area contributed by atoms with Crippen LogP contribution < -0.4 is 11.1 Å². The zero-order valence-corrected chi connectivity index (χ0v) is 10.5. The van der Waals surface area contributed by atoms with Gasteiger partial charge < -0.3 is 11.1 Å². The summed E-state index contributed by atoms with van der Waals surface area (Å²) in [5.41, 5.74) is 7.01. The van der Waals surface area contributed by atoms with E-state index < -0.39 is 0 Å². The van der Waals surface area contributed by atoms with Crippen LogP contribution in [0.3, 0.4) is 0 Å². The third-order valence-electron chi connectivity index (χ3n) is 2.83. The highest BCUT2D eigenvalue weighted by Crippen LogP contribution is 2.17. The molecule has 0 heterocycles. The van der Waals surface area contributed by atoms with Crippen molar-refractivity contribution in [2.24, 2.45) is 5.73 Å². The number of carbonyl (C=O) groups excluding carboxylic acids is 2. The minimum Gasteiger partial charge on any atom is -0.384 e. The molecule has 4 nitrogen and oxygen atoms in total. The zero-order valence-electron chi connectivity index (χ0n) is 10.5. The Kier molecular flexibility index (Phi) is 6.72. The number of nitrogens with two attached hydrogens (primary N) is 1. The topological polar surface area (TPSA) is 72.2 Å². The second-order valence-corrected chi connectivity index (χ2v) is 4.17. The average Bonchev–Trinajstić information content (AvgIpc) is 2.42. The number of aldehydes is 2. The molecule has 18 heavy (non-hydrogen) atoms. The van der Waals surface area contributed by atoms with E-state index in [0.29, 0.717) is 17.4 Å². The molecule has 0 spiro atoms. The normalized spacial score (nSPS) is 10.1. The van der Waals surface area contributed by atoms with Crippen molar-refractivity contribution in [1.29, 1.82) is 0 Å². The van der Waals surface area contributed by atoms with Crippen molar-refractivity contribution in [2.75, 3.05) is 18.4 Å². The first-order chi connectivity index (χ1) is 8.83. The van der Waals surface area contributed by atoms with Gasteiger partial charge in [0.15, 0.2) is 12.6 Å². The molecule has 0 aliphatic carbocycles. The summed E-state index contributed by atoms with van der Waals surface area (Å²) in [5.74, 6) is 0. The summed E-state index contributed by atoms with van der Waals surface area (Å²) in [6.07, 6.45) is 5.77. The van der Waals surface area contributed by atoms with Crippen LogP contribution in [0.1, 0.15) is 46.4 Å². The van der Waals surface area contributed by atoms with E-state index in [-0.39, 0.29) is 0 Å². The van der Waals surface area contributed by atoms with Gasteiger partial charge in [0.2, 0.25) is 0 Å². The number of carbonyl (C=O) groups is 2. The molecule has 0 atom stereocenters. The maximum atomic E-state index is 11.0. The van der Waals surface area contributed by atoms with Crippen LogP contribution in [0.5, 0.6) is 0 Å². The molecule has 1 rings (SSSR count). The Labute approximate surface area is 108 Å². The van der Waals surface area contributed by atoms with Crippen LogP contribution >= 0.6 is 0 Å². The number of unbranched alkanes of at least 4 members (excludes halogenated alkanes) is 3. The van der Waals surface area contributed by atoms with Crippen LogP contribution in [0.2, 0.25) is 0 Å². The predicted molar refractivity (Wildman–Crippen MR) is 73.2 cm³/mol. The molecule has 4 heteroatoms. The molecular formula is C14H20N2O2. The predicted octanol–water partition coefficient (Wildman–Crippen LogP) is 2.24. The smallest absolute Gasteiger partial charge is 0.152 e. The standard InChI is InChI=1S/C14H20N2O2/c15-8-3-1-2-4-9-16-14-7-5-6-12(10-17)13(14)11-18/h5-7,10-11,16H,1-4,8-9,15H2. The van der Waals surface area contributed by atoms with Crippen molar-refractivity contribution < 1.29 is 9.59 Å². The average molecular weight is 248 g/mol. The molecule has 0 bridgehead atoms. The summed E-state index contributed by atoms with van der Waals surface area (Å²) in [4.78, 5) is 21.8. The maximum Gasteiger partial charge on any atom is 0.152 e. The van der Waals surface area contributed by atoms with Crippen molar-refractivity contribution >= 4 is 18.3 Å². The van der Waals surface area contributed by atoms with E-state index in [1.54, 1.807) is 12.1 Å². The van der Waals surface area contributed by atoms with Crippen LogP contribution in [0.15, 0.2) is 18.2 Å². The molecule has 1 aromatic carbocycles. The number of nitrogens with one attached hydrogen (secondary N) is 1. The van der Waals surface area contributed by atoms with Crippen molar-refractivity contribution in [3.8, 4) is 0 Å². The largest absolute Gasteiger partial charge is 0.384 e. The lowest BCUT2D eigenvalue weighted by Crippen LogP contribution is -2.06. The molecule has 0 fully saturated rings. The van der Waals surface area contributed by atoms with Gasteiger partial charge in [-0.3, -0.25) is 9.59 Å². The van der Waals surface area contributed by atoms with E-state index in [0.717, 1.165) is 50.7 Å². The number of anilines is 1. The molecule has 0 aliphatic rings. The lowest BCUT2D eigenvalue weighted by molar-refractivity contribution is 0.109. The number of benzene rings is 1. The lowest BCUT2D eigenvalue weighted by atomic mass is 10.1. The fraction of sp³-hybridized carbons (Fsp3) is 0.429. The van der Waals surface area contributed by atoms with Gasteiger partial charge in [0.05, 0.1) is 0 Å². The van der Waals surface area contributed by atoms with Crippen molar-refractivity contribution in [2.45, 2.75) is 25.7 Å². The summed E-state index contributed by atoms with van der Waals surface area (Å²) >= 11 is 0. The Morgan fingerprint density at radius 1 is 1.06 bits per heavy atom. The summed E-state index contributed by atoms with van der Waals surface area (Å²) in [7, 11) is 0. The van der Waals surface area contributed by atoms with Crippen LogP contribution in [-0.4, -0.2) is 25.7 Å². The molecule has 1 aromatic rings. The Bertz CT molecular complexity index is 391. The number of rotatable bonds is 9. The highest BCUT2D eigenvalue weighted by atomic mass is 16.1. The van der Waals surface area contributed by atoms with Gasteiger partial charge in [-0.1, -0.05) is 25.0 Å². The monoisotopic (exact) mass is 248 g/mol. The van der Waals surface area contributed by atoms with E-state index in [1.807, 2.05) is 6.07 Å². The van der Waals surface area contributed by atoms with Crippen molar-refractivity contribution in [3.05, 3.63) is 29.3 Å². The van der Waals surface area contributed by atoms with E-state index in [4.69, 9.17) is 5.73 Å². The molecule has 0 amide bonds. The molecule has 3 N–H and O–H groups in total. The molecule has 0 aromatic heterocycles. The molecule has 0 saturated carbocycles. The fourth-order valence-corrected chi connectivity index (χ4v) is 1.82. The summed E-state index contributed by atoms with van der Waals surface area (Å²) < 4.78 is 0. The molecule has 0 saturated heterocycles. The van der Waals surface area contributed by atoms with Crippen molar-refractivity contribution in [3.63, 3.8) is 0 Å². The SMILES string of the molecule is NCCCCCCNc1cccc(C=O)c1C=O. The third-order valence-corrected chi connectivity index (χ3v) is 2.83. The Hall–Kier alpha value is -1.68. The van der Waals surface area contributed by atoms with E-state index >= 15 is 0 Å². The minimum absolute atomic E-state index is 0.429. The van der Waals surface area contributed by atoms with Gasteiger partial charge >= 0.3 is 0 Å². The van der Waals surface area contributed by atoms with Gasteiger partial charge in [-0.25, -0.2) is 0 Å². The first kappa shape index (κ1) is 14.4. The fourth-order valence-electron chi connectivity index (χ4n) is 1.82. The Morgan fingerprint density at radius 2 is 1.83 bits per heavy atom. The second-order valence-electron chi connectivity index (χ2n) is 4.17. The van der Waals surface area contributed by atoms with E-state index in [1.165, 1.54) is 0 Å². The number of hydrogen-bond donors (Lipinski definition) is 2. The molecule has 0 unspecified atom stereocenters. The first-order valence-electron chi connectivity index (χ1n) is 6.30. The van der Waals surface area contributed by atoms with Gasteiger partial charge in [-0.05, 0) is 25.5 Å². The van der Waals surface area contributed by atoms with E-state index in [2.05, 4.69) is 5.32 Å². The van der Waals surface area contributed by atoms with Gasteiger partial charge in [-0.15, -0.1) is 0 Å². The maximum absolute atomic E-state index is 11.0. The van der Waals surface area contributed by atoms with Gasteiger partial charge in [0.25, 0.3) is 0 Å². The first-order valence-corrected chi connectivity index (χ1v) is 6.30. The van der Waals surface area contributed by atoms with Crippen LogP contribution in [0, 0.1) is 0 Å². The highest BCUT2D eigenvalue weighted by molar-refractivity contribution is 5.95. The van der Waals surface area contributed by atoms with Crippen molar-refractivity contribution in [1.82, 2.24) is 0 Å². The minimum atomic E-state index is 0.429. The van der Waals surface area contributed by atoms with Crippen LogP contribution in [0.25, 0.3) is 0 Å². The van der Waals surface area contributed by atoms with Gasteiger partial charge in [-0.2, -0.15) is 0 Å². The van der Waals surface area contributed by atoms with E-state index in [9.17, 15) is 9.59 Å². The lowest BCUT2D eigenvalue weighted by Gasteiger charge is -2.09. The van der Waals surface area contributed by atoms with Crippen LogP contribution in [0.4, 0.5) is 5.69 Å². The quantitative estimate of drug-likeness (QED) is 0.519. The van der Waals surface area contributed by atoms with Crippen LogP contribution in [-0.2, 0) is 0 Å². The molecule has 0 aliphatic heterocycles. The highest BCUT2D eigenvalue weighted by Gasteiger charge is 2.05. The Morgan fingerprint density at radius 3 is 2.50 bits per heavy atom. The molecular weight excluding hydrogens is 228 g/mol. The van der Waals surface area contributed by atoms with Gasteiger partial charge in [0, 0.05) is 23.4 Å². The third kappa shape index (κ3) is 4.30. The molecule has 98 valence electrons. The summed E-state index contributed by atoms with van der Waals surface area (Å²) in [6.45, 7) is 1.54. The zero-order chi connectivity index (χ0) is 13.2. The summed E-state index contributed by atoms with van der Waals surface area (Å²) in [6, 6.07) is 5.23. The summed E-state index contributed by atoms with van der Waals surface area (Å²) in [5, 5.41) is 3.19.